The molecule has 56 heavy (non-hydrogen) atoms. The highest BCUT2D eigenvalue weighted by molar-refractivity contribution is 7.48. The minimum absolute atomic E-state index is 0.152. The van der Waals surface area contributed by atoms with Gasteiger partial charge in [0.1, 0.15) is 48.4 Å². The number of phosphoric ester groups is 1. The van der Waals surface area contributed by atoms with Gasteiger partial charge in [-0.25, -0.2) is 4.57 Å². The maximum Gasteiger partial charge on any atom is 0.510 e. The Morgan fingerprint density at radius 2 is 1.02 bits per heavy atom. The first-order valence-electron chi connectivity index (χ1n) is 18.5. The van der Waals surface area contributed by atoms with Gasteiger partial charge in [-0.1, -0.05) is 65.4 Å². The third-order valence-corrected chi connectivity index (χ3v) is 9.69. The number of likely N-dealkylation sites (N-methyl/N-ethyl adjacent to an activating group) is 2. The van der Waals surface area contributed by atoms with Crippen LogP contribution in [0.15, 0.2) is 97.1 Å². The molecule has 2 atom stereocenters. The summed E-state index contributed by atoms with van der Waals surface area (Å²) in [5.41, 5.74) is 4.37. The molecule has 0 N–H and O–H groups in total. The first-order chi connectivity index (χ1) is 27.1. The number of para-hydroxylation sites is 2. The van der Waals surface area contributed by atoms with Gasteiger partial charge in [0.05, 0.1) is 14.2 Å². The van der Waals surface area contributed by atoms with Crippen molar-refractivity contribution in [2.45, 2.75) is 37.9 Å². The van der Waals surface area contributed by atoms with Crippen molar-refractivity contribution in [3.05, 3.63) is 119 Å². The summed E-state index contributed by atoms with van der Waals surface area (Å²) in [7, 11) is 6.14. The molecule has 4 aromatic carbocycles. The molecule has 0 radical (unpaired) electrons. The van der Waals surface area contributed by atoms with E-state index in [2.05, 4.69) is 16.9 Å². The van der Waals surface area contributed by atoms with Crippen molar-refractivity contribution < 1.29 is 51.3 Å². The van der Waals surface area contributed by atoms with E-state index in [0.717, 1.165) is 70.9 Å². The zero-order valence-electron chi connectivity index (χ0n) is 33.3. The Morgan fingerprint density at radius 1 is 0.589 bits per heavy atom. The minimum Gasteiger partial charge on any atom is -0.497 e. The number of nitrogens with zero attached hydrogens (tertiary/aromatic N) is 2. The zero-order chi connectivity index (χ0) is 40.2. The fraction of sp³-hybridized carbons (Fsp3) is 0.429. The van der Waals surface area contributed by atoms with Gasteiger partial charge in [0.25, 0.3) is 0 Å². The normalized spacial score (nSPS) is 12.8. The SMILES string of the molecule is COc1cccc(CCc2ccccc2OC[C@@H](CN(C)C)OCOP(=O)(OF)OCO[C@@H](COc2ccccc2CCc2cccc(OC)c2)CN(C)C)c1. The molecule has 14 heteroatoms. The summed E-state index contributed by atoms with van der Waals surface area (Å²) in [6, 6.07) is 31.5. The van der Waals surface area contributed by atoms with Crippen LogP contribution in [0.1, 0.15) is 22.3 Å². The molecule has 0 unspecified atom stereocenters. The zero-order valence-corrected chi connectivity index (χ0v) is 34.2. The van der Waals surface area contributed by atoms with Gasteiger partial charge in [0, 0.05) is 13.1 Å². The summed E-state index contributed by atoms with van der Waals surface area (Å²) in [6.45, 7) is 0.0131. The van der Waals surface area contributed by atoms with Crippen molar-refractivity contribution in [3.8, 4) is 23.0 Å². The molecule has 0 saturated carbocycles. The van der Waals surface area contributed by atoms with Gasteiger partial charge < -0.3 is 38.2 Å². The molecule has 0 aliphatic rings. The Labute approximate surface area is 330 Å². The van der Waals surface area contributed by atoms with Crippen LogP contribution >= 0.6 is 7.82 Å². The first kappa shape index (κ1) is 44.7. The highest BCUT2D eigenvalue weighted by atomic mass is 31.2. The summed E-state index contributed by atoms with van der Waals surface area (Å²) in [5, 5.41) is 0. The predicted octanol–water partition coefficient (Wildman–Crippen LogP) is 7.58. The van der Waals surface area contributed by atoms with Crippen LogP contribution < -0.4 is 18.9 Å². The average molecular weight is 799 g/mol. The number of aryl methyl sites for hydroxylation is 4. The summed E-state index contributed by atoms with van der Waals surface area (Å²) < 4.78 is 75.3. The highest BCUT2D eigenvalue weighted by Crippen LogP contribution is 2.49. The molecular formula is C42H56FN2O10P. The second-order valence-electron chi connectivity index (χ2n) is 13.7. The predicted molar refractivity (Wildman–Crippen MR) is 213 cm³/mol. The monoisotopic (exact) mass is 798 g/mol. The molecule has 0 aliphatic carbocycles. The quantitative estimate of drug-likeness (QED) is 0.0439. The average Bonchev–Trinajstić information content (AvgIpc) is 3.20. The Balaban J connectivity index is 1.26. The largest absolute Gasteiger partial charge is 0.510 e. The lowest BCUT2D eigenvalue weighted by molar-refractivity contribution is -0.128. The van der Waals surface area contributed by atoms with Gasteiger partial charge in [0.2, 0.25) is 0 Å². The first-order valence-corrected chi connectivity index (χ1v) is 19.9. The molecule has 12 nitrogen and oxygen atoms in total. The molecule has 0 bridgehead atoms. The van der Waals surface area contributed by atoms with Crippen LogP contribution in [0.2, 0.25) is 0 Å². The number of benzene rings is 4. The molecule has 306 valence electrons. The van der Waals surface area contributed by atoms with Gasteiger partial charge in [0.15, 0.2) is 13.6 Å². The second-order valence-corrected chi connectivity index (χ2v) is 15.2. The number of ether oxygens (including phenoxy) is 6. The maximum absolute atomic E-state index is 13.6. The van der Waals surface area contributed by atoms with Crippen molar-refractivity contribution >= 4 is 7.82 Å². The topological polar surface area (TPSA) is 107 Å². The van der Waals surface area contributed by atoms with Crippen molar-refractivity contribution in [1.29, 1.82) is 0 Å². The van der Waals surface area contributed by atoms with E-state index >= 15 is 0 Å². The van der Waals surface area contributed by atoms with Crippen LogP contribution in [0.25, 0.3) is 0 Å². The fourth-order valence-corrected chi connectivity index (χ4v) is 6.40. The molecule has 0 aliphatic heterocycles. The molecule has 0 amide bonds. The lowest BCUT2D eigenvalue weighted by Gasteiger charge is -2.24. The van der Waals surface area contributed by atoms with E-state index in [1.165, 1.54) is 0 Å². The van der Waals surface area contributed by atoms with Gasteiger partial charge >= 0.3 is 7.82 Å². The molecule has 0 fully saturated rings. The molecule has 4 aromatic rings. The van der Waals surface area contributed by atoms with Gasteiger partial charge in [-0.15, -0.1) is 0 Å². The second kappa shape index (κ2) is 23.9. The van der Waals surface area contributed by atoms with Crippen molar-refractivity contribution in [2.75, 3.05) is 82.3 Å². The van der Waals surface area contributed by atoms with Gasteiger partial charge in [-0.3, -0.25) is 9.05 Å². The molecule has 0 heterocycles. The fourth-order valence-electron chi connectivity index (χ4n) is 5.86. The van der Waals surface area contributed by atoms with E-state index in [1.807, 2.05) is 123 Å². The molecule has 0 saturated heterocycles. The lowest BCUT2D eigenvalue weighted by Crippen LogP contribution is -2.34. The highest BCUT2D eigenvalue weighted by Gasteiger charge is 2.30. The number of halogens is 1. The Kier molecular flexibility index (Phi) is 19.1. The van der Waals surface area contributed by atoms with Crippen molar-refractivity contribution in [3.63, 3.8) is 0 Å². The van der Waals surface area contributed by atoms with E-state index in [4.69, 9.17) is 37.5 Å². The Bertz CT molecular complexity index is 1660. The number of hydrogen-bond donors (Lipinski definition) is 0. The number of methoxy groups -OCH3 is 2. The molecular weight excluding hydrogens is 742 g/mol. The molecule has 0 aromatic heterocycles. The summed E-state index contributed by atoms with van der Waals surface area (Å²) in [5.74, 6) is 3.06. The van der Waals surface area contributed by atoms with Gasteiger partial charge in [-0.2, -0.15) is 0 Å². The Morgan fingerprint density at radius 3 is 1.41 bits per heavy atom. The van der Waals surface area contributed by atoms with E-state index in [1.54, 1.807) is 14.2 Å². The molecule has 4 rings (SSSR count). The smallest absolute Gasteiger partial charge is 0.497 e. The maximum atomic E-state index is 13.6. The summed E-state index contributed by atoms with van der Waals surface area (Å²) in [6.07, 6.45) is 2.05. The van der Waals surface area contributed by atoms with E-state index in [-0.39, 0.29) is 13.2 Å². The molecule has 0 spiro atoms. The van der Waals surface area contributed by atoms with Crippen LogP contribution in [0.3, 0.4) is 0 Å². The number of rotatable bonds is 27. The van der Waals surface area contributed by atoms with Crippen LogP contribution in [0, 0.1) is 0 Å². The van der Waals surface area contributed by atoms with Crippen LogP contribution in [-0.2, 0) is 53.5 Å². The number of phosphoric acid groups is 1. The third kappa shape index (κ3) is 15.8. The van der Waals surface area contributed by atoms with E-state index in [0.29, 0.717) is 13.1 Å². The van der Waals surface area contributed by atoms with E-state index < -0.39 is 33.6 Å². The standard InChI is InChI=1S/C42H56FN2O10P/c1-44(2)27-39(29-49-41-19-9-7-15-35(41)23-21-33-13-11-17-37(25-33)47-5)51-31-53-56(46,55-43)54-32-52-40(28-45(3)4)30-50-42-20-10-8-16-36(42)24-22-34-14-12-18-38(26-34)48-6/h7-20,25-26,39-40H,21-24,27-32H2,1-6H3/t39-,40-/m1/s1. The Hall–Kier alpha value is -4.04. The van der Waals surface area contributed by atoms with Gasteiger partial charge in [-0.05, 0) is 117 Å². The van der Waals surface area contributed by atoms with Crippen molar-refractivity contribution in [1.82, 2.24) is 9.80 Å². The number of hydrogen-bond acceptors (Lipinski definition) is 12. The van der Waals surface area contributed by atoms with E-state index in [9.17, 15) is 9.09 Å². The third-order valence-electron chi connectivity index (χ3n) is 8.68. The summed E-state index contributed by atoms with van der Waals surface area (Å²) >= 11 is 0. The van der Waals surface area contributed by atoms with Crippen LogP contribution in [0.4, 0.5) is 4.53 Å². The van der Waals surface area contributed by atoms with Crippen molar-refractivity contribution in [2.24, 2.45) is 0 Å². The minimum atomic E-state index is -4.68. The van der Waals surface area contributed by atoms with Crippen LogP contribution in [-0.4, -0.2) is 104 Å². The van der Waals surface area contributed by atoms with Crippen LogP contribution in [0.5, 0.6) is 23.0 Å². The summed E-state index contributed by atoms with van der Waals surface area (Å²) in [4.78, 5) is 3.81. The lowest BCUT2D eigenvalue weighted by atomic mass is 10.0.